The summed E-state index contributed by atoms with van der Waals surface area (Å²) in [5.41, 5.74) is 1.09. The molecule has 0 amide bonds. The maximum Gasteiger partial charge on any atom is 0.123 e. The van der Waals surface area contributed by atoms with E-state index in [1.165, 1.54) is 70.3 Å². The first-order chi connectivity index (χ1) is 11.1. The lowest BCUT2D eigenvalue weighted by Crippen LogP contribution is -2.26. The summed E-state index contributed by atoms with van der Waals surface area (Å²) >= 11 is 0. The second-order valence-electron chi connectivity index (χ2n) is 5.70. The Bertz CT molecular complexity index is 294. The molecule has 0 aliphatic heterocycles. The van der Waals surface area contributed by atoms with Crippen molar-refractivity contribution in [2.75, 3.05) is 19.6 Å². The maximum absolute atomic E-state index is 12.1. The minimum absolute atomic E-state index is 0.171. The topological polar surface area (TPSA) is 3.24 Å². The summed E-state index contributed by atoms with van der Waals surface area (Å²) in [4.78, 5) is 2.61. The third-order valence-corrected chi connectivity index (χ3v) is 3.42. The summed E-state index contributed by atoms with van der Waals surface area (Å²) in [5, 5.41) is 0. The van der Waals surface area contributed by atoms with E-state index in [9.17, 15) is 4.39 Å². The van der Waals surface area contributed by atoms with Gasteiger partial charge in [0.2, 0.25) is 0 Å². The molecule has 23 heavy (non-hydrogen) atoms. The summed E-state index contributed by atoms with van der Waals surface area (Å²) in [6, 6.07) is 6.40. The smallest absolute Gasteiger partial charge is 0.123 e. The van der Waals surface area contributed by atoms with Crippen LogP contribution in [0.5, 0.6) is 0 Å². The van der Waals surface area contributed by atoms with Crippen LogP contribution in [0.3, 0.4) is 0 Å². The molecule has 0 heterocycles. The summed E-state index contributed by atoms with van der Waals surface area (Å²) in [7, 11) is 0. The molecule has 0 aliphatic carbocycles. The van der Waals surface area contributed by atoms with Gasteiger partial charge in [-0.1, -0.05) is 71.6 Å². The number of halogens is 1. The van der Waals surface area contributed by atoms with Crippen LogP contribution >= 0.6 is 0 Å². The van der Waals surface area contributed by atoms with Crippen molar-refractivity contribution in [2.24, 2.45) is 0 Å². The lowest BCUT2D eigenvalue weighted by molar-refractivity contribution is 0.268. The highest BCUT2D eigenvalue weighted by Crippen LogP contribution is 2.02. The van der Waals surface area contributed by atoms with E-state index < -0.39 is 0 Å². The monoisotopic (exact) mass is 325 g/mol. The van der Waals surface area contributed by atoms with Crippen molar-refractivity contribution in [2.45, 2.75) is 80.1 Å². The fourth-order valence-corrected chi connectivity index (χ4v) is 2.26. The van der Waals surface area contributed by atoms with Crippen LogP contribution in [-0.2, 0) is 0 Å². The van der Waals surface area contributed by atoms with E-state index in [0.29, 0.717) is 0 Å². The van der Waals surface area contributed by atoms with Gasteiger partial charge in [0.25, 0.3) is 0 Å². The third-order valence-electron chi connectivity index (χ3n) is 3.42. The van der Waals surface area contributed by atoms with Gasteiger partial charge < -0.3 is 4.90 Å². The number of unbranched alkanes of at least 4 members (excludes halogenated alkanes) is 3. The first-order valence-corrected chi connectivity index (χ1v) is 9.58. The van der Waals surface area contributed by atoms with E-state index in [-0.39, 0.29) is 5.82 Å². The number of benzene rings is 1. The van der Waals surface area contributed by atoms with Crippen molar-refractivity contribution >= 4 is 0 Å². The Morgan fingerprint density at radius 2 is 1.26 bits per heavy atom. The second kappa shape index (κ2) is 19.2. The zero-order valence-electron chi connectivity index (χ0n) is 16.5. The minimum Gasteiger partial charge on any atom is -0.303 e. The second-order valence-corrected chi connectivity index (χ2v) is 5.70. The highest BCUT2D eigenvalue weighted by Gasteiger charge is 2.00. The number of hydrogen-bond acceptors (Lipinski definition) is 1. The van der Waals surface area contributed by atoms with E-state index in [2.05, 4.69) is 25.7 Å². The molecule has 0 aromatic heterocycles. The van der Waals surface area contributed by atoms with Crippen LogP contribution in [0.15, 0.2) is 24.3 Å². The first-order valence-electron chi connectivity index (χ1n) is 9.58. The zero-order chi connectivity index (χ0) is 17.9. The average molecular weight is 326 g/mol. The fraction of sp³-hybridized carbons (Fsp3) is 0.714. The quantitative estimate of drug-likeness (QED) is 0.449. The molecular formula is C21H40FN. The predicted octanol–water partition coefficient (Wildman–Crippen LogP) is 6.85. The predicted molar refractivity (Wildman–Crippen MR) is 104 cm³/mol. The van der Waals surface area contributed by atoms with Crippen LogP contribution in [0.25, 0.3) is 0 Å². The summed E-state index contributed by atoms with van der Waals surface area (Å²) < 4.78 is 12.1. The van der Waals surface area contributed by atoms with E-state index in [0.717, 1.165) is 5.56 Å². The van der Waals surface area contributed by atoms with Gasteiger partial charge in [0.15, 0.2) is 0 Å². The van der Waals surface area contributed by atoms with Crippen LogP contribution in [0.2, 0.25) is 0 Å². The van der Waals surface area contributed by atoms with Crippen molar-refractivity contribution in [3.63, 3.8) is 0 Å². The molecule has 0 N–H and O–H groups in total. The highest BCUT2D eigenvalue weighted by molar-refractivity contribution is 5.13. The summed E-state index contributed by atoms with van der Waals surface area (Å²) in [5.74, 6) is -0.171. The fourth-order valence-electron chi connectivity index (χ4n) is 2.26. The minimum atomic E-state index is -0.171. The van der Waals surface area contributed by atoms with Crippen molar-refractivity contribution in [1.29, 1.82) is 0 Å². The molecule has 0 fully saturated rings. The molecule has 1 rings (SSSR count). The molecule has 136 valence electrons. The SMILES string of the molecule is CC.CCCCCCN(CCC)CCC.Cc1ccc(F)cc1. The largest absolute Gasteiger partial charge is 0.303 e. The van der Waals surface area contributed by atoms with Crippen LogP contribution < -0.4 is 0 Å². The lowest BCUT2D eigenvalue weighted by atomic mass is 10.2. The highest BCUT2D eigenvalue weighted by atomic mass is 19.1. The molecule has 0 saturated heterocycles. The Balaban J connectivity index is 0. The number of rotatable bonds is 9. The van der Waals surface area contributed by atoms with E-state index in [1.54, 1.807) is 12.1 Å². The summed E-state index contributed by atoms with van der Waals surface area (Å²) in [6.07, 6.45) is 8.17. The number of nitrogens with zero attached hydrogens (tertiary/aromatic N) is 1. The van der Waals surface area contributed by atoms with Crippen LogP contribution in [0.1, 0.15) is 78.7 Å². The Labute approximate surface area is 145 Å². The normalized spacial score (nSPS) is 9.74. The van der Waals surface area contributed by atoms with Gasteiger partial charge in [-0.2, -0.15) is 0 Å². The standard InChI is InChI=1S/C12H27N.C7H7F.C2H6/c1-4-7-8-9-12-13(10-5-2)11-6-3;1-6-2-4-7(8)5-3-6;1-2/h4-12H2,1-3H3;2-5H,1H3;1-2H3. The Hall–Kier alpha value is -0.890. The van der Waals surface area contributed by atoms with Gasteiger partial charge in [-0.3, -0.25) is 0 Å². The molecule has 1 aromatic carbocycles. The average Bonchev–Trinajstić information content (AvgIpc) is 2.57. The van der Waals surface area contributed by atoms with Crippen LogP contribution in [0, 0.1) is 12.7 Å². The van der Waals surface area contributed by atoms with E-state index in [1.807, 2.05) is 20.8 Å². The molecule has 2 heteroatoms. The lowest BCUT2D eigenvalue weighted by Gasteiger charge is -2.20. The molecule has 0 bridgehead atoms. The molecule has 0 unspecified atom stereocenters. The van der Waals surface area contributed by atoms with Crippen molar-refractivity contribution < 1.29 is 4.39 Å². The molecule has 0 aliphatic rings. The van der Waals surface area contributed by atoms with Crippen molar-refractivity contribution in [3.05, 3.63) is 35.6 Å². The van der Waals surface area contributed by atoms with Gasteiger partial charge in [0.1, 0.15) is 5.82 Å². The van der Waals surface area contributed by atoms with Crippen molar-refractivity contribution in [1.82, 2.24) is 4.90 Å². The van der Waals surface area contributed by atoms with E-state index >= 15 is 0 Å². The van der Waals surface area contributed by atoms with Gasteiger partial charge in [0, 0.05) is 0 Å². The molecule has 1 aromatic rings. The molecule has 0 atom stereocenters. The third kappa shape index (κ3) is 17.3. The van der Waals surface area contributed by atoms with Gasteiger partial charge in [-0.05, 0) is 58.0 Å². The Morgan fingerprint density at radius 1 is 0.739 bits per heavy atom. The van der Waals surface area contributed by atoms with Crippen LogP contribution in [-0.4, -0.2) is 24.5 Å². The molecule has 0 saturated carbocycles. The van der Waals surface area contributed by atoms with Gasteiger partial charge in [0.05, 0.1) is 0 Å². The van der Waals surface area contributed by atoms with Crippen molar-refractivity contribution in [3.8, 4) is 0 Å². The first kappa shape index (κ1) is 24.4. The van der Waals surface area contributed by atoms with Gasteiger partial charge >= 0.3 is 0 Å². The number of hydrogen-bond donors (Lipinski definition) is 0. The molecule has 1 nitrogen and oxygen atoms in total. The molecule has 0 radical (unpaired) electrons. The van der Waals surface area contributed by atoms with Gasteiger partial charge in [-0.15, -0.1) is 0 Å². The number of aryl methyl sites for hydroxylation is 1. The molecule has 0 spiro atoms. The maximum atomic E-state index is 12.1. The Morgan fingerprint density at radius 3 is 1.65 bits per heavy atom. The van der Waals surface area contributed by atoms with Crippen LogP contribution in [0.4, 0.5) is 4.39 Å². The molecular weight excluding hydrogens is 285 g/mol. The summed E-state index contributed by atoms with van der Waals surface area (Å²) in [6.45, 7) is 16.7. The Kier molecular flexibility index (Phi) is 20.3. The van der Waals surface area contributed by atoms with Gasteiger partial charge in [-0.25, -0.2) is 4.39 Å². The zero-order valence-corrected chi connectivity index (χ0v) is 16.5. The van der Waals surface area contributed by atoms with E-state index in [4.69, 9.17) is 0 Å².